The Morgan fingerprint density at radius 1 is 0.837 bits per heavy atom. The minimum Gasteiger partial charge on any atom is -0.481 e. The van der Waals surface area contributed by atoms with E-state index in [2.05, 4.69) is 21.3 Å². The Kier molecular flexibility index (Phi) is 10.2. The van der Waals surface area contributed by atoms with Crippen LogP contribution in [0, 0.1) is 18.8 Å². The molecule has 1 heterocycles. The van der Waals surface area contributed by atoms with E-state index in [1.807, 2.05) is 45.0 Å². The lowest BCUT2D eigenvalue weighted by molar-refractivity contribution is -0.138. The summed E-state index contributed by atoms with van der Waals surface area (Å²) in [6.07, 6.45) is -0.00182. The fourth-order valence-corrected chi connectivity index (χ4v) is 4.77. The van der Waals surface area contributed by atoms with Crippen LogP contribution in [0.5, 0.6) is 11.5 Å². The molecule has 3 aromatic rings. The van der Waals surface area contributed by atoms with Crippen LogP contribution in [-0.2, 0) is 14.4 Å². The topological polar surface area (TPSA) is 155 Å². The number of benzene rings is 3. The molecule has 0 aromatic heterocycles. The highest BCUT2D eigenvalue weighted by atomic mass is 16.7. The van der Waals surface area contributed by atoms with Gasteiger partial charge in [-0.15, -0.1) is 0 Å². The number of fused-ring (bicyclic) bond motifs is 1. The van der Waals surface area contributed by atoms with E-state index in [1.54, 1.807) is 42.5 Å². The van der Waals surface area contributed by atoms with E-state index in [4.69, 9.17) is 9.47 Å². The lowest BCUT2D eigenvalue weighted by Crippen LogP contribution is -2.37. The Morgan fingerprint density at radius 2 is 1.51 bits per heavy atom. The predicted molar refractivity (Wildman–Crippen MR) is 162 cm³/mol. The fourth-order valence-electron chi connectivity index (χ4n) is 4.77. The summed E-state index contributed by atoms with van der Waals surface area (Å²) in [7, 11) is 0. The van der Waals surface area contributed by atoms with E-state index in [9.17, 15) is 24.3 Å². The van der Waals surface area contributed by atoms with Crippen molar-refractivity contribution in [1.29, 1.82) is 0 Å². The molecule has 1 unspecified atom stereocenters. The first-order valence-corrected chi connectivity index (χ1v) is 14.0. The highest BCUT2D eigenvalue weighted by Crippen LogP contribution is 2.35. The summed E-state index contributed by atoms with van der Waals surface area (Å²) in [5, 5.41) is 20.7. The minimum atomic E-state index is -1.08. The molecular formula is C32H36N4O7. The number of carbonyl (C=O) groups is 4. The number of ether oxygens (including phenoxy) is 2. The van der Waals surface area contributed by atoms with Crippen molar-refractivity contribution >= 4 is 40.9 Å². The molecule has 1 aliphatic rings. The van der Waals surface area contributed by atoms with Gasteiger partial charge in [0, 0.05) is 29.4 Å². The summed E-state index contributed by atoms with van der Waals surface area (Å²) in [4.78, 5) is 50.3. The second-order valence-electron chi connectivity index (χ2n) is 10.8. The molecule has 226 valence electrons. The molecule has 0 bridgehead atoms. The normalized spacial score (nSPS) is 13.1. The largest absolute Gasteiger partial charge is 0.481 e. The second-order valence-corrected chi connectivity index (χ2v) is 10.8. The van der Waals surface area contributed by atoms with Crippen LogP contribution < -0.4 is 30.7 Å². The summed E-state index contributed by atoms with van der Waals surface area (Å²) in [5.74, 6) is -1.39. The Bertz CT molecular complexity index is 1470. The summed E-state index contributed by atoms with van der Waals surface area (Å²) in [6.45, 7) is 5.87. The van der Waals surface area contributed by atoms with E-state index >= 15 is 0 Å². The number of aliphatic carboxylic acids is 1. The molecule has 1 aliphatic heterocycles. The van der Waals surface area contributed by atoms with Gasteiger partial charge < -0.3 is 35.8 Å². The number of hydrogen-bond acceptors (Lipinski definition) is 6. The van der Waals surface area contributed by atoms with E-state index in [-0.39, 0.29) is 31.5 Å². The van der Waals surface area contributed by atoms with Crippen molar-refractivity contribution < 1.29 is 33.8 Å². The quantitative estimate of drug-likeness (QED) is 0.182. The molecular weight excluding hydrogens is 552 g/mol. The maximum Gasteiger partial charge on any atom is 0.323 e. The van der Waals surface area contributed by atoms with Crippen molar-refractivity contribution in [3.05, 3.63) is 77.9 Å². The molecule has 0 radical (unpaired) electrons. The third-order valence-electron chi connectivity index (χ3n) is 6.87. The predicted octanol–water partition coefficient (Wildman–Crippen LogP) is 5.69. The third-order valence-corrected chi connectivity index (χ3v) is 6.87. The van der Waals surface area contributed by atoms with Crippen molar-refractivity contribution in [3.63, 3.8) is 0 Å². The van der Waals surface area contributed by atoms with Crippen LogP contribution in [0.3, 0.4) is 0 Å². The molecule has 0 aliphatic carbocycles. The van der Waals surface area contributed by atoms with Gasteiger partial charge >= 0.3 is 12.0 Å². The zero-order valence-electron chi connectivity index (χ0n) is 24.3. The molecule has 2 atom stereocenters. The van der Waals surface area contributed by atoms with Gasteiger partial charge in [0.1, 0.15) is 0 Å². The van der Waals surface area contributed by atoms with E-state index in [0.29, 0.717) is 40.5 Å². The number of carboxylic acids is 1. The Labute approximate surface area is 250 Å². The van der Waals surface area contributed by atoms with Crippen molar-refractivity contribution in [2.75, 3.05) is 22.7 Å². The summed E-state index contributed by atoms with van der Waals surface area (Å²) >= 11 is 0. The zero-order valence-corrected chi connectivity index (χ0v) is 24.3. The highest BCUT2D eigenvalue weighted by Gasteiger charge is 2.28. The molecule has 11 nitrogen and oxygen atoms in total. The lowest BCUT2D eigenvalue weighted by Gasteiger charge is -2.23. The van der Waals surface area contributed by atoms with Crippen LogP contribution in [0.1, 0.15) is 50.3 Å². The zero-order chi connectivity index (χ0) is 30.9. The molecule has 0 saturated carbocycles. The van der Waals surface area contributed by atoms with Gasteiger partial charge in [0.15, 0.2) is 11.5 Å². The molecule has 11 heteroatoms. The number of urea groups is 1. The van der Waals surface area contributed by atoms with E-state index in [0.717, 1.165) is 5.56 Å². The first kappa shape index (κ1) is 30.9. The average molecular weight is 589 g/mol. The molecule has 3 aromatic carbocycles. The number of carbonyl (C=O) groups excluding carboxylic acids is 3. The number of carboxylic acid groups (broad SMARTS) is 1. The number of para-hydroxylation sites is 1. The van der Waals surface area contributed by atoms with Gasteiger partial charge in [-0.1, -0.05) is 38.1 Å². The molecule has 4 rings (SSSR count). The Morgan fingerprint density at radius 3 is 2.19 bits per heavy atom. The maximum atomic E-state index is 13.4. The van der Waals surface area contributed by atoms with Crippen LogP contribution >= 0.6 is 0 Å². The number of amides is 4. The molecule has 43 heavy (non-hydrogen) atoms. The molecule has 0 spiro atoms. The third kappa shape index (κ3) is 8.96. The standard InChI is InChI=1S/C32H36N4O7/c1-19(2)14-22(31(40)35-26(17-30(38)39)21-8-13-27-28(15-21)43-18-42-27)16-29(37)33-23-9-11-24(12-10-23)34-32(41)36-25-7-5-4-6-20(25)3/h4-13,15,19,22,26H,14,16-18H2,1-3H3,(H,33,37)(H,35,40)(H,38,39)(H2,34,36,41)/t22-,26?/m1/s1. The molecule has 5 N–H and O–H groups in total. The summed E-state index contributed by atoms with van der Waals surface area (Å²) in [5.41, 5.74) is 3.24. The van der Waals surface area contributed by atoms with Crippen LogP contribution in [0.15, 0.2) is 66.7 Å². The van der Waals surface area contributed by atoms with Crippen molar-refractivity contribution in [2.24, 2.45) is 11.8 Å². The van der Waals surface area contributed by atoms with Crippen LogP contribution in [0.25, 0.3) is 0 Å². The monoisotopic (exact) mass is 588 g/mol. The molecule has 4 amide bonds. The number of hydrogen-bond donors (Lipinski definition) is 5. The van der Waals surface area contributed by atoms with Crippen LogP contribution in [0.2, 0.25) is 0 Å². The van der Waals surface area contributed by atoms with Gasteiger partial charge in [-0.05, 0) is 72.9 Å². The van der Waals surface area contributed by atoms with Crippen LogP contribution in [-0.4, -0.2) is 35.7 Å². The first-order valence-electron chi connectivity index (χ1n) is 14.0. The fraction of sp³-hybridized carbons (Fsp3) is 0.312. The van der Waals surface area contributed by atoms with Gasteiger partial charge in [0.05, 0.1) is 12.5 Å². The van der Waals surface area contributed by atoms with Gasteiger partial charge in [0.25, 0.3) is 0 Å². The molecule has 0 fully saturated rings. The van der Waals surface area contributed by atoms with Crippen molar-refractivity contribution in [2.45, 2.75) is 46.1 Å². The minimum absolute atomic E-state index is 0.0723. The van der Waals surface area contributed by atoms with Gasteiger partial charge in [-0.2, -0.15) is 0 Å². The van der Waals surface area contributed by atoms with Crippen LogP contribution in [0.4, 0.5) is 21.9 Å². The molecule has 0 saturated heterocycles. The number of nitrogens with one attached hydrogen (secondary N) is 4. The van der Waals surface area contributed by atoms with Crippen molar-refractivity contribution in [1.82, 2.24) is 5.32 Å². The van der Waals surface area contributed by atoms with Gasteiger partial charge in [-0.25, -0.2) is 4.79 Å². The number of rotatable bonds is 12. The summed E-state index contributed by atoms with van der Waals surface area (Å²) in [6, 6.07) is 17.9. The summed E-state index contributed by atoms with van der Waals surface area (Å²) < 4.78 is 10.7. The number of aryl methyl sites for hydroxylation is 1. The number of anilines is 3. The van der Waals surface area contributed by atoms with Gasteiger partial charge in [0.2, 0.25) is 18.6 Å². The second kappa shape index (κ2) is 14.2. The Balaban J connectivity index is 1.36. The maximum absolute atomic E-state index is 13.4. The lowest BCUT2D eigenvalue weighted by atomic mass is 9.92. The highest BCUT2D eigenvalue weighted by molar-refractivity contribution is 6.00. The van der Waals surface area contributed by atoms with E-state index in [1.165, 1.54) is 0 Å². The first-order chi connectivity index (χ1) is 20.6. The van der Waals surface area contributed by atoms with Crippen molar-refractivity contribution in [3.8, 4) is 11.5 Å². The van der Waals surface area contributed by atoms with Gasteiger partial charge in [-0.3, -0.25) is 14.4 Å². The van der Waals surface area contributed by atoms with E-state index < -0.39 is 29.9 Å². The Hall–Kier alpha value is -5.06. The smallest absolute Gasteiger partial charge is 0.323 e. The average Bonchev–Trinajstić information content (AvgIpc) is 3.42. The SMILES string of the molecule is Cc1ccccc1NC(=O)Nc1ccc(NC(=O)C[C@@H](CC(C)C)C(=O)NC(CC(=O)O)c2ccc3c(c2)OCO3)cc1.